The summed E-state index contributed by atoms with van der Waals surface area (Å²) < 4.78 is 5.54. The van der Waals surface area contributed by atoms with Gasteiger partial charge in [0.25, 0.3) is 0 Å². The Labute approximate surface area is 193 Å². The summed E-state index contributed by atoms with van der Waals surface area (Å²) in [5, 5.41) is 3.51. The van der Waals surface area contributed by atoms with Crippen LogP contribution < -0.4 is 4.90 Å². The van der Waals surface area contributed by atoms with Crippen molar-refractivity contribution in [3.05, 3.63) is 41.5 Å². The van der Waals surface area contributed by atoms with Gasteiger partial charge in [-0.25, -0.2) is 9.97 Å². The molecule has 3 saturated heterocycles. The molecule has 0 amide bonds. The summed E-state index contributed by atoms with van der Waals surface area (Å²) in [6.45, 7) is 7.74. The van der Waals surface area contributed by atoms with Gasteiger partial charge in [-0.1, -0.05) is 30.3 Å². The van der Waals surface area contributed by atoms with Crippen molar-refractivity contribution in [2.24, 2.45) is 5.92 Å². The number of nitrogens with zero attached hydrogens (tertiary/aromatic N) is 5. The maximum Gasteiger partial charge on any atom is 0.146 e. The lowest BCUT2D eigenvalue weighted by Crippen LogP contribution is -2.47. The largest absolute Gasteiger partial charge is 0.379 e. The number of piperidine rings is 1. The van der Waals surface area contributed by atoms with E-state index in [0.29, 0.717) is 6.04 Å². The molecule has 0 saturated carbocycles. The first kappa shape index (κ1) is 20.5. The quantitative estimate of drug-likeness (QED) is 0.605. The minimum absolute atomic E-state index is 0.548. The Kier molecular flexibility index (Phi) is 5.59. The summed E-state index contributed by atoms with van der Waals surface area (Å²) in [4.78, 5) is 19.0. The van der Waals surface area contributed by atoms with Crippen LogP contribution in [-0.4, -0.2) is 78.8 Å². The smallest absolute Gasteiger partial charge is 0.146 e. The van der Waals surface area contributed by atoms with E-state index in [1.807, 2.05) is 0 Å². The summed E-state index contributed by atoms with van der Waals surface area (Å²) in [6, 6.07) is 11.3. The van der Waals surface area contributed by atoms with Crippen molar-refractivity contribution in [2.75, 3.05) is 57.9 Å². The van der Waals surface area contributed by atoms with Crippen molar-refractivity contribution in [2.45, 2.75) is 25.4 Å². The second-order valence-corrected chi connectivity index (χ2v) is 10.3. The predicted octanol–water partition coefficient (Wildman–Crippen LogP) is 3.72. The number of likely N-dealkylation sites (tertiary alicyclic amines) is 1. The second-order valence-electron chi connectivity index (χ2n) is 9.41. The van der Waals surface area contributed by atoms with Crippen molar-refractivity contribution >= 4 is 27.4 Å². The van der Waals surface area contributed by atoms with Crippen LogP contribution in [-0.2, 0) is 11.3 Å². The maximum absolute atomic E-state index is 5.54. The van der Waals surface area contributed by atoms with Crippen LogP contribution in [0.5, 0.6) is 0 Å². The first-order valence-corrected chi connectivity index (χ1v) is 12.7. The highest BCUT2D eigenvalue weighted by Gasteiger charge is 2.39. The van der Waals surface area contributed by atoms with Crippen molar-refractivity contribution in [3.8, 4) is 11.1 Å². The zero-order valence-corrected chi connectivity index (χ0v) is 19.6. The molecular weight excluding hydrogens is 418 g/mol. The van der Waals surface area contributed by atoms with Crippen molar-refractivity contribution in [1.29, 1.82) is 0 Å². The number of benzene rings is 1. The van der Waals surface area contributed by atoms with Crippen LogP contribution in [0.4, 0.5) is 5.82 Å². The van der Waals surface area contributed by atoms with E-state index in [0.717, 1.165) is 68.3 Å². The van der Waals surface area contributed by atoms with E-state index >= 15 is 0 Å². The molecule has 6 nitrogen and oxygen atoms in total. The van der Waals surface area contributed by atoms with Crippen LogP contribution in [0.3, 0.4) is 0 Å². The molecule has 0 unspecified atom stereocenters. The van der Waals surface area contributed by atoms with Gasteiger partial charge < -0.3 is 14.5 Å². The number of fused-ring (bicyclic) bond motifs is 2. The van der Waals surface area contributed by atoms with E-state index in [-0.39, 0.29) is 0 Å². The molecule has 0 bridgehead atoms. The highest BCUT2D eigenvalue weighted by Crippen LogP contribution is 2.42. The highest BCUT2D eigenvalue weighted by atomic mass is 32.1. The van der Waals surface area contributed by atoms with E-state index in [2.05, 4.69) is 57.5 Å². The van der Waals surface area contributed by atoms with E-state index in [4.69, 9.17) is 14.7 Å². The van der Waals surface area contributed by atoms with Crippen LogP contribution in [0, 0.1) is 5.92 Å². The third kappa shape index (κ3) is 3.81. The van der Waals surface area contributed by atoms with Crippen molar-refractivity contribution in [1.82, 2.24) is 19.8 Å². The van der Waals surface area contributed by atoms with Gasteiger partial charge >= 0.3 is 0 Å². The predicted molar refractivity (Wildman–Crippen MR) is 130 cm³/mol. The first-order chi connectivity index (χ1) is 15.8. The fourth-order valence-corrected chi connectivity index (χ4v) is 6.56. The van der Waals surface area contributed by atoms with Gasteiger partial charge in [-0.3, -0.25) is 4.90 Å². The van der Waals surface area contributed by atoms with Gasteiger partial charge in [0.05, 0.1) is 25.1 Å². The topological polar surface area (TPSA) is 44.7 Å². The number of likely N-dealkylation sites (N-methyl/N-ethyl adjacent to an activating group) is 1. The van der Waals surface area contributed by atoms with Gasteiger partial charge in [0.2, 0.25) is 0 Å². The SMILES string of the molecule is CN1CC[C@H]2CCN(c3nc(CN4CCOCC4)nc4scc(-c5ccccc5)c34)[C@H]2C1. The van der Waals surface area contributed by atoms with E-state index in [1.165, 1.54) is 35.9 Å². The molecule has 3 aromatic rings. The molecule has 2 atom stereocenters. The number of thiophene rings is 1. The fraction of sp³-hybridized carbons (Fsp3) is 0.520. The molecule has 0 N–H and O–H groups in total. The molecule has 7 heteroatoms. The standard InChI is InChI=1S/C25H31N5OS/c1-28-9-7-19-8-10-30(21(19)15-28)24-23-20(18-5-3-2-4-6-18)17-32-25(23)27-22(26-24)16-29-11-13-31-14-12-29/h2-6,17,19,21H,7-16H2,1H3/t19-,21-/m0/s1. The molecule has 168 valence electrons. The summed E-state index contributed by atoms with van der Waals surface area (Å²) in [7, 11) is 2.26. The number of hydrogen-bond donors (Lipinski definition) is 0. The molecule has 2 aromatic heterocycles. The molecule has 0 spiro atoms. The van der Waals surface area contributed by atoms with Crippen LogP contribution in [0.1, 0.15) is 18.7 Å². The second kappa shape index (κ2) is 8.71. The van der Waals surface area contributed by atoms with Crippen molar-refractivity contribution in [3.63, 3.8) is 0 Å². The summed E-state index contributed by atoms with van der Waals surface area (Å²) in [5.41, 5.74) is 2.52. The van der Waals surface area contributed by atoms with Crippen LogP contribution in [0.15, 0.2) is 35.7 Å². The van der Waals surface area contributed by atoms with Gasteiger partial charge in [0.15, 0.2) is 0 Å². The molecule has 5 heterocycles. The average Bonchev–Trinajstić information content (AvgIpc) is 3.44. The molecule has 3 fully saturated rings. The summed E-state index contributed by atoms with van der Waals surface area (Å²) >= 11 is 1.76. The lowest BCUT2D eigenvalue weighted by Gasteiger charge is -2.37. The fourth-order valence-electron chi connectivity index (χ4n) is 5.60. The maximum atomic E-state index is 5.54. The Morgan fingerprint density at radius 1 is 1.03 bits per heavy atom. The summed E-state index contributed by atoms with van der Waals surface area (Å²) in [5.74, 6) is 2.88. The lowest BCUT2D eigenvalue weighted by molar-refractivity contribution is 0.0331. The molecule has 0 radical (unpaired) electrons. The van der Waals surface area contributed by atoms with Gasteiger partial charge in [0, 0.05) is 43.2 Å². The van der Waals surface area contributed by atoms with E-state index in [9.17, 15) is 0 Å². The molecule has 32 heavy (non-hydrogen) atoms. The monoisotopic (exact) mass is 449 g/mol. The minimum Gasteiger partial charge on any atom is -0.379 e. The minimum atomic E-state index is 0.548. The molecule has 0 aliphatic carbocycles. The molecule has 1 aromatic carbocycles. The van der Waals surface area contributed by atoms with Gasteiger partial charge in [-0.05, 0) is 37.9 Å². The Hall–Kier alpha value is -2.06. The van der Waals surface area contributed by atoms with Gasteiger partial charge in [-0.15, -0.1) is 11.3 Å². The van der Waals surface area contributed by atoms with Crippen LogP contribution >= 0.6 is 11.3 Å². The Morgan fingerprint density at radius 2 is 1.84 bits per heavy atom. The van der Waals surface area contributed by atoms with Crippen LogP contribution in [0.2, 0.25) is 0 Å². The highest BCUT2D eigenvalue weighted by molar-refractivity contribution is 7.17. The Bertz CT molecular complexity index is 1080. The Balaban J connectivity index is 1.45. The molecule has 6 rings (SSSR count). The molecule has 3 aliphatic rings. The van der Waals surface area contributed by atoms with Crippen molar-refractivity contribution < 1.29 is 4.74 Å². The van der Waals surface area contributed by atoms with Gasteiger partial charge in [0.1, 0.15) is 16.5 Å². The van der Waals surface area contributed by atoms with E-state index in [1.54, 1.807) is 11.3 Å². The normalized spacial score (nSPS) is 24.8. The Morgan fingerprint density at radius 3 is 2.69 bits per heavy atom. The zero-order valence-electron chi connectivity index (χ0n) is 18.7. The first-order valence-electron chi connectivity index (χ1n) is 11.8. The molecular formula is C25H31N5OS. The van der Waals surface area contributed by atoms with Gasteiger partial charge in [-0.2, -0.15) is 0 Å². The average molecular weight is 450 g/mol. The van der Waals surface area contributed by atoms with E-state index < -0.39 is 0 Å². The number of aromatic nitrogens is 2. The third-order valence-electron chi connectivity index (χ3n) is 7.35. The number of rotatable bonds is 4. The number of hydrogen-bond acceptors (Lipinski definition) is 7. The number of ether oxygens (including phenoxy) is 1. The molecule has 3 aliphatic heterocycles. The zero-order chi connectivity index (χ0) is 21.5. The number of anilines is 1. The number of morpholine rings is 1. The summed E-state index contributed by atoms with van der Waals surface area (Å²) in [6.07, 6.45) is 2.56. The van der Waals surface area contributed by atoms with Crippen LogP contribution in [0.25, 0.3) is 21.3 Å². The lowest BCUT2D eigenvalue weighted by atomic mass is 9.92. The third-order valence-corrected chi connectivity index (χ3v) is 8.22.